The molecule has 1 aliphatic carbocycles. The first-order valence-corrected chi connectivity index (χ1v) is 8.43. The molecule has 3 nitrogen and oxygen atoms in total. The van der Waals surface area contributed by atoms with Gasteiger partial charge in [0.1, 0.15) is 0 Å². The van der Waals surface area contributed by atoms with Gasteiger partial charge in [0.15, 0.2) is 0 Å². The standard InChI is InChI=1S/C16H27F3N2O/c1-11(12-6-8-20-9-7-12)10-15(22)21-14-4-2-13(3-5-14)16(17,18)19/h11-14,20H,2-10H2,1H3,(H,21,22). The van der Waals surface area contributed by atoms with Gasteiger partial charge in [0, 0.05) is 12.5 Å². The topological polar surface area (TPSA) is 41.1 Å². The lowest BCUT2D eigenvalue weighted by molar-refractivity contribution is -0.182. The van der Waals surface area contributed by atoms with Crippen molar-refractivity contribution in [2.24, 2.45) is 17.8 Å². The Hall–Kier alpha value is -0.780. The number of rotatable bonds is 4. The fourth-order valence-electron chi connectivity index (χ4n) is 3.72. The van der Waals surface area contributed by atoms with E-state index in [2.05, 4.69) is 17.6 Å². The smallest absolute Gasteiger partial charge is 0.353 e. The Morgan fingerprint density at radius 2 is 1.73 bits per heavy atom. The maximum atomic E-state index is 12.6. The first-order valence-electron chi connectivity index (χ1n) is 8.43. The van der Waals surface area contributed by atoms with E-state index in [9.17, 15) is 18.0 Å². The van der Waals surface area contributed by atoms with Crippen LogP contribution >= 0.6 is 0 Å². The third kappa shape index (κ3) is 5.14. The van der Waals surface area contributed by atoms with Crippen molar-refractivity contribution in [2.45, 2.75) is 64.1 Å². The number of carbonyl (C=O) groups is 1. The number of piperidine rings is 1. The van der Waals surface area contributed by atoms with E-state index < -0.39 is 12.1 Å². The van der Waals surface area contributed by atoms with Gasteiger partial charge in [-0.15, -0.1) is 0 Å². The first-order chi connectivity index (χ1) is 10.4. The summed E-state index contributed by atoms with van der Waals surface area (Å²) in [6.07, 6.45) is -0.232. The molecule has 0 bridgehead atoms. The van der Waals surface area contributed by atoms with Crippen LogP contribution in [-0.2, 0) is 4.79 Å². The van der Waals surface area contributed by atoms with Crippen molar-refractivity contribution in [1.82, 2.24) is 10.6 Å². The average molecular weight is 320 g/mol. The number of nitrogens with one attached hydrogen (secondary N) is 2. The van der Waals surface area contributed by atoms with E-state index in [1.807, 2.05) is 0 Å². The van der Waals surface area contributed by atoms with E-state index in [-0.39, 0.29) is 24.8 Å². The summed E-state index contributed by atoms with van der Waals surface area (Å²) in [7, 11) is 0. The molecule has 0 aromatic rings. The summed E-state index contributed by atoms with van der Waals surface area (Å²) in [6, 6.07) is -0.0775. The second-order valence-electron chi connectivity index (χ2n) is 6.93. The lowest BCUT2D eigenvalue weighted by Gasteiger charge is -2.31. The van der Waals surface area contributed by atoms with Gasteiger partial charge in [-0.1, -0.05) is 6.92 Å². The van der Waals surface area contributed by atoms with Crippen LogP contribution in [0.3, 0.4) is 0 Å². The highest BCUT2D eigenvalue weighted by Gasteiger charge is 2.41. The van der Waals surface area contributed by atoms with Crippen molar-refractivity contribution in [2.75, 3.05) is 13.1 Å². The molecular formula is C16H27F3N2O. The molecule has 2 fully saturated rings. The van der Waals surface area contributed by atoms with Gasteiger partial charge in [0.05, 0.1) is 5.92 Å². The van der Waals surface area contributed by atoms with Crippen LogP contribution in [0.25, 0.3) is 0 Å². The van der Waals surface area contributed by atoms with Crippen LogP contribution in [0.15, 0.2) is 0 Å². The molecule has 0 aromatic heterocycles. The number of halogens is 3. The van der Waals surface area contributed by atoms with Gasteiger partial charge >= 0.3 is 6.18 Å². The number of alkyl halides is 3. The molecule has 1 amide bonds. The Morgan fingerprint density at radius 3 is 2.27 bits per heavy atom. The minimum atomic E-state index is -4.08. The Kier molecular flexibility index (Phi) is 6.12. The van der Waals surface area contributed by atoms with Crippen LogP contribution in [-0.4, -0.2) is 31.2 Å². The number of hydrogen-bond donors (Lipinski definition) is 2. The molecule has 1 atom stereocenters. The SMILES string of the molecule is CC(CC(=O)NC1CCC(C(F)(F)F)CC1)C1CCNCC1. The van der Waals surface area contributed by atoms with Crippen molar-refractivity contribution in [3.8, 4) is 0 Å². The van der Waals surface area contributed by atoms with Crippen LogP contribution in [0.1, 0.15) is 51.9 Å². The summed E-state index contributed by atoms with van der Waals surface area (Å²) in [6.45, 7) is 4.13. The number of amides is 1. The lowest BCUT2D eigenvalue weighted by atomic mass is 9.83. The van der Waals surface area contributed by atoms with Gasteiger partial charge in [0.25, 0.3) is 0 Å². The predicted octanol–water partition coefficient (Wildman–Crippen LogP) is 3.25. The summed E-state index contributed by atoms with van der Waals surface area (Å²) in [4.78, 5) is 12.1. The highest BCUT2D eigenvalue weighted by molar-refractivity contribution is 5.76. The normalized spacial score (nSPS) is 29.1. The molecule has 0 aromatic carbocycles. The average Bonchev–Trinajstić information content (AvgIpc) is 2.47. The molecule has 128 valence electrons. The summed E-state index contributed by atoms with van der Waals surface area (Å²) in [5.41, 5.74) is 0. The van der Waals surface area contributed by atoms with Crippen LogP contribution in [0.2, 0.25) is 0 Å². The summed E-state index contributed by atoms with van der Waals surface area (Å²) < 4.78 is 37.8. The number of carbonyl (C=O) groups excluding carboxylic acids is 1. The van der Waals surface area contributed by atoms with Gasteiger partial charge in [-0.3, -0.25) is 4.79 Å². The molecular weight excluding hydrogens is 293 g/mol. The van der Waals surface area contributed by atoms with Crippen molar-refractivity contribution in [3.05, 3.63) is 0 Å². The number of hydrogen-bond acceptors (Lipinski definition) is 2. The van der Waals surface area contributed by atoms with Gasteiger partial charge < -0.3 is 10.6 Å². The minimum absolute atomic E-state index is 0.00138. The van der Waals surface area contributed by atoms with Crippen LogP contribution in [0.5, 0.6) is 0 Å². The third-order valence-electron chi connectivity index (χ3n) is 5.25. The Morgan fingerprint density at radius 1 is 1.14 bits per heavy atom. The molecule has 22 heavy (non-hydrogen) atoms. The van der Waals surface area contributed by atoms with Gasteiger partial charge in [-0.05, 0) is 63.5 Å². The third-order valence-corrected chi connectivity index (χ3v) is 5.25. The predicted molar refractivity (Wildman–Crippen MR) is 79.3 cm³/mol. The summed E-state index contributed by atoms with van der Waals surface area (Å²) >= 11 is 0. The largest absolute Gasteiger partial charge is 0.391 e. The van der Waals surface area contributed by atoms with E-state index in [4.69, 9.17) is 0 Å². The lowest BCUT2D eigenvalue weighted by Crippen LogP contribution is -2.41. The zero-order chi connectivity index (χ0) is 16.2. The van der Waals surface area contributed by atoms with Gasteiger partial charge in [-0.25, -0.2) is 0 Å². The molecule has 0 spiro atoms. The fourth-order valence-corrected chi connectivity index (χ4v) is 3.72. The van der Waals surface area contributed by atoms with Crippen molar-refractivity contribution in [1.29, 1.82) is 0 Å². The molecule has 0 radical (unpaired) electrons. The van der Waals surface area contributed by atoms with E-state index >= 15 is 0 Å². The second kappa shape index (κ2) is 7.66. The molecule has 1 saturated carbocycles. The summed E-state index contributed by atoms with van der Waals surface area (Å²) in [5, 5.41) is 6.25. The maximum absolute atomic E-state index is 12.6. The van der Waals surface area contributed by atoms with Crippen LogP contribution in [0, 0.1) is 17.8 Å². The Labute approximate surface area is 130 Å². The monoisotopic (exact) mass is 320 g/mol. The zero-order valence-corrected chi connectivity index (χ0v) is 13.2. The van der Waals surface area contributed by atoms with Crippen molar-refractivity contribution in [3.63, 3.8) is 0 Å². The molecule has 1 saturated heterocycles. The minimum Gasteiger partial charge on any atom is -0.353 e. The highest BCUT2D eigenvalue weighted by atomic mass is 19.4. The van der Waals surface area contributed by atoms with Gasteiger partial charge in [-0.2, -0.15) is 13.2 Å². The molecule has 1 unspecified atom stereocenters. The van der Waals surface area contributed by atoms with Crippen LogP contribution < -0.4 is 10.6 Å². The maximum Gasteiger partial charge on any atom is 0.391 e. The second-order valence-corrected chi connectivity index (χ2v) is 6.93. The molecule has 2 aliphatic rings. The highest BCUT2D eigenvalue weighted by Crippen LogP contribution is 2.37. The first kappa shape index (κ1) is 17.6. The van der Waals surface area contributed by atoms with Crippen LogP contribution in [0.4, 0.5) is 13.2 Å². The van der Waals surface area contributed by atoms with E-state index in [0.717, 1.165) is 25.9 Å². The molecule has 2 N–H and O–H groups in total. The molecule has 1 aliphatic heterocycles. The molecule has 2 rings (SSSR count). The van der Waals surface area contributed by atoms with E-state index in [1.54, 1.807) is 0 Å². The molecule has 6 heteroatoms. The Bertz CT molecular complexity index is 359. The van der Waals surface area contributed by atoms with E-state index in [0.29, 0.717) is 31.1 Å². The van der Waals surface area contributed by atoms with E-state index in [1.165, 1.54) is 0 Å². The molecule has 1 heterocycles. The Balaban J connectivity index is 1.69. The fraction of sp³-hybridized carbons (Fsp3) is 0.938. The summed E-state index contributed by atoms with van der Waals surface area (Å²) in [5.74, 6) is -0.266. The zero-order valence-electron chi connectivity index (χ0n) is 13.2. The van der Waals surface area contributed by atoms with Crippen molar-refractivity contribution < 1.29 is 18.0 Å². The van der Waals surface area contributed by atoms with Gasteiger partial charge in [0.2, 0.25) is 5.91 Å². The quantitative estimate of drug-likeness (QED) is 0.835. The van der Waals surface area contributed by atoms with Crippen molar-refractivity contribution >= 4 is 5.91 Å².